The topological polar surface area (TPSA) is 35.5 Å². The average Bonchev–Trinajstić information content (AvgIpc) is 2.39. The summed E-state index contributed by atoms with van der Waals surface area (Å²) >= 11 is 4.26. The molecule has 1 aromatic rings. The largest absolute Gasteiger partial charge is 0.492 e. The molecule has 1 atom stereocenters. The van der Waals surface area contributed by atoms with Gasteiger partial charge in [-0.1, -0.05) is 19.1 Å². The Hall–Kier alpha value is -1.16. The Morgan fingerprint density at radius 3 is 2.71 bits per heavy atom. The molecule has 0 N–H and O–H groups in total. The van der Waals surface area contributed by atoms with E-state index in [-0.39, 0.29) is 5.97 Å². The minimum absolute atomic E-state index is 0.375. The normalized spacial score (nSPS) is 11.9. The summed E-state index contributed by atoms with van der Waals surface area (Å²) in [6.07, 6.45) is 1.00. The highest BCUT2D eigenvalue weighted by molar-refractivity contribution is 7.80. The number of esters is 1. The van der Waals surface area contributed by atoms with Crippen LogP contribution in [-0.2, 0) is 4.74 Å². The first kappa shape index (κ1) is 13.9. The number of carbonyl (C=O) groups excluding carboxylic acids is 1. The van der Waals surface area contributed by atoms with Crippen LogP contribution >= 0.6 is 12.6 Å². The number of hydrogen-bond acceptors (Lipinski definition) is 4. The van der Waals surface area contributed by atoms with E-state index in [0.29, 0.717) is 23.8 Å². The number of thiol groups is 1. The molecule has 0 saturated heterocycles. The molecule has 0 heterocycles. The summed E-state index contributed by atoms with van der Waals surface area (Å²) in [4.78, 5) is 11.5. The Labute approximate surface area is 108 Å². The fourth-order valence-electron chi connectivity index (χ4n) is 1.38. The lowest BCUT2D eigenvalue weighted by atomic mass is 10.1. The van der Waals surface area contributed by atoms with Gasteiger partial charge in [0.1, 0.15) is 11.3 Å². The lowest BCUT2D eigenvalue weighted by Crippen LogP contribution is -2.14. The predicted octanol–water partition coefficient (Wildman–Crippen LogP) is 2.81. The van der Waals surface area contributed by atoms with Gasteiger partial charge in [-0.15, -0.1) is 0 Å². The molecule has 3 nitrogen and oxygen atoms in total. The zero-order valence-electron chi connectivity index (χ0n) is 10.2. The van der Waals surface area contributed by atoms with E-state index in [4.69, 9.17) is 9.47 Å². The van der Waals surface area contributed by atoms with Crippen LogP contribution in [0, 0.1) is 5.92 Å². The van der Waals surface area contributed by atoms with E-state index >= 15 is 0 Å². The summed E-state index contributed by atoms with van der Waals surface area (Å²) in [5, 5.41) is 0. The lowest BCUT2D eigenvalue weighted by molar-refractivity contribution is 0.0595. The molecule has 0 radical (unpaired) electrons. The number of methoxy groups -OCH3 is 1. The summed E-state index contributed by atoms with van der Waals surface area (Å²) in [6, 6.07) is 7.10. The maximum Gasteiger partial charge on any atom is 0.341 e. The quantitative estimate of drug-likeness (QED) is 0.626. The van der Waals surface area contributed by atoms with E-state index in [1.165, 1.54) is 7.11 Å². The van der Waals surface area contributed by atoms with Gasteiger partial charge in [0.2, 0.25) is 0 Å². The minimum Gasteiger partial charge on any atom is -0.492 e. The average molecular weight is 254 g/mol. The number of ether oxygens (including phenoxy) is 2. The number of carbonyl (C=O) groups is 1. The first-order valence-corrected chi connectivity index (χ1v) is 6.27. The number of hydrogen-bond donors (Lipinski definition) is 1. The zero-order valence-corrected chi connectivity index (χ0v) is 11.1. The van der Waals surface area contributed by atoms with E-state index in [2.05, 4.69) is 19.6 Å². The van der Waals surface area contributed by atoms with E-state index in [9.17, 15) is 4.79 Å². The summed E-state index contributed by atoms with van der Waals surface area (Å²) in [6.45, 7) is 2.66. The van der Waals surface area contributed by atoms with E-state index < -0.39 is 0 Å². The van der Waals surface area contributed by atoms with Crippen molar-refractivity contribution in [3.63, 3.8) is 0 Å². The van der Waals surface area contributed by atoms with Crippen molar-refractivity contribution in [2.24, 2.45) is 5.92 Å². The van der Waals surface area contributed by atoms with Gasteiger partial charge in [-0.05, 0) is 24.3 Å². The highest BCUT2D eigenvalue weighted by Crippen LogP contribution is 2.20. The van der Waals surface area contributed by atoms with E-state index in [1.54, 1.807) is 18.2 Å². The third kappa shape index (κ3) is 3.97. The molecule has 94 valence electrons. The van der Waals surface area contributed by atoms with Crippen molar-refractivity contribution in [3.05, 3.63) is 29.8 Å². The van der Waals surface area contributed by atoms with Gasteiger partial charge in [-0.25, -0.2) is 4.79 Å². The maximum atomic E-state index is 11.5. The van der Waals surface area contributed by atoms with Crippen molar-refractivity contribution in [2.75, 3.05) is 19.5 Å². The third-order valence-electron chi connectivity index (χ3n) is 2.60. The Morgan fingerprint density at radius 2 is 2.12 bits per heavy atom. The fraction of sp³-hybridized carbons (Fsp3) is 0.462. The molecule has 0 aliphatic rings. The van der Waals surface area contributed by atoms with Gasteiger partial charge in [0.15, 0.2) is 0 Å². The summed E-state index contributed by atoms with van der Waals surface area (Å²) < 4.78 is 10.4. The predicted molar refractivity (Wildman–Crippen MR) is 70.9 cm³/mol. The van der Waals surface area contributed by atoms with Crippen LogP contribution in [0.2, 0.25) is 0 Å². The highest BCUT2D eigenvalue weighted by atomic mass is 32.1. The fourth-order valence-corrected chi connectivity index (χ4v) is 1.74. The van der Waals surface area contributed by atoms with Crippen LogP contribution in [0.5, 0.6) is 5.75 Å². The number of benzene rings is 1. The van der Waals surface area contributed by atoms with Crippen molar-refractivity contribution >= 4 is 18.6 Å². The van der Waals surface area contributed by atoms with E-state index in [1.807, 2.05) is 6.07 Å². The first-order chi connectivity index (χ1) is 8.22. The number of para-hydroxylation sites is 1. The Bertz CT molecular complexity index is 361. The van der Waals surface area contributed by atoms with Crippen LogP contribution in [-0.4, -0.2) is 25.4 Å². The molecule has 0 aromatic heterocycles. The second-order valence-electron chi connectivity index (χ2n) is 3.76. The molecular formula is C13H18O3S. The molecule has 0 saturated carbocycles. The highest BCUT2D eigenvalue weighted by Gasteiger charge is 2.13. The molecule has 1 rings (SSSR count). The molecule has 1 aromatic carbocycles. The minimum atomic E-state index is -0.375. The smallest absolute Gasteiger partial charge is 0.341 e. The van der Waals surface area contributed by atoms with Gasteiger partial charge >= 0.3 is 5.97 Å². The molecule has 0 aliphatic heterocycles. The second kappa shape index (κ2) is 7.22. The van der Waals surface area contributed by atoms with Crippen LogP contribution in [0.1, 0.15) is 23.7 Å². The van der Waals surface area contributed by atoms with Crippen molar-refractivity contribution in [1.82, 2.24) is 0 Å². The molecule has 0 bridgehead atoms. The molecule has 17 heavy (non-hydrogen) atoms. The molecule has 0 amide bonds. The van der Waals surface area contributed by atoms with Gasteiger partial charge in [0, 0.05) is 5.92 Å². The molecule has 0 fully saturated rings. The van der Waals surface area contributed by atoms with Crippen LogP contribution in [0.25, 0.3) is 0 Å². The first-order valence-electron chi connectivity index (χ1n) is 5.63. The third-order valence-corrected chi connectivity index (χ3v) is 3.12. The molecule has 4 heteroatoms. The summed E-state index contributed by atoms with van der Waals surface area (Å²) in [5.74, 6) is 1.36. The molecule has 0 spiro atoms. The Kier molecular flexibility index (Phi) is 5.91. The van der Waals surface area contributed by atoms with Gasteiger partial charge in [0.25, 0.3) is 0 Å². The monoisotopic (exact) mass is 254 g/mol. The SMILES string of the molecule is CCC(CS)COc1ccccc1C(=O)OC. The van der Waals surface area contributed by atoms with Crippen LogP contribution in [0.15, 0.2) is 24.3 Å². The van der Waals surface area contributed by atoms with Gasteiger partial charge < -0.3 is 9.47 Å². The van der Waals surface area contributed by atoms with Crippen molar-refractivity contribution in [1.29, 1.82) is 0 Å². The summed E-state index contributed by atoms with van der Waals surface area (Å²) in [7, 11) is 1.36. The standard InChI is InChI=1S/C13H18O3S/c1-3-10(9-17)8-16-12-7-5-4-6-11(12)13(14)15-2/h4-7,10,17H,3,8-9H2,1-2H3. The van der Waals surface area contributed by atoms with Gasteiger partial charge in [0.05, 0.1) is 13.7 Å². The molecular weight excluding hydrogens is 236 g/mol. The van der Waals surface area contributed by atoms with Crippen molar-refractivity contribution in [3.8, 4) is 5.75 Å². The zero-order chi connectivity index (χ0) is 12.7. The Morgan fingerprint density at radius 1 is 1.41 bits per heavy atom. The van der Waals surface area contributed by atoms with E-state index in [0.717, 1.165) is 12.2 Å². The lowest BCUT2D eigenvalue weighted by Gasteiger charge is -2.15. The Balaban J connectivity index is 2.73. The van der Waals surface area contributed by atoms with Gasteiger partial charge in [-0.2, -0.15) is 12.6 Å². The van der Waals surface area contributed by atoms with Crippen LogP contribution < -0.4 is 4.74 Å². The number of rotatable bonds is 6. The van der Waals surface area contributed by atoms with Crippen LogP contribution in [0.3, 0.4) is 0 Å². The maximum absolute atomic E-state index is 11.5. The van der Waals surface area contributed by atoms with Crippen LogP contribution in [0.4, 0.5) is 0 Å². The molecule has 0 aliphatic carbocycles. The van der Waals surface area contributed by atoms with Crippen molar-refractivity contribution < 1.29 is 14.3 Å². The second-order valence-corrected chi connectivity index (χ2v) is 4.12. The summed E-state index contributed by atoms with van der Waals surface area (Å²) in [5.41, 5.74) is 0.462. The molecule has 1 unspecified atom stereocenters. The van der Waals surface area contributed by atoms with Gasteiger partial charge in [-0.3, -0.25) is 0 Å². The van der Waals surface area contributed by atoms with Crippen molar-refractivity contribution in [2.45, 2.75) is 13.3 Å².